The van der Waals surface area contributed by atoms with Crippen molar-refractivity contribution < 1.29 is 19.4 Å². The minimum absolute atomic E-state index is 0.0677. The maximum Gasteiger partial charge on any atom is 0.277 e. The first-order valence-electron chi connectivity index (χ1n) is 11.2. The molecule has 0 bridgehead atoms. The smallest absolute Gasteiger partial charge is 0.277 e. The Labute approximate surface area is 179 Å². The van der Waals surface area contributed by atoms with E-state index < -0.39 is 0 Å². The quantitative estimate of drug-likeness (QED) is 0.495. The zero-order valence-corrected chi connectivity index (χ0v) is 18.4. The lowest BCUT2D eigenvalue weighted by Gasteiger charge is -2.34. The first kappa shape index (κ1) is 22.3. The molecule has 0 radical (unpaired) electrons. The van der Waals surface area contributed by atoms with Crippen molar-refractivity contribution >= 4 is 17.4 Å². The molecule has 1 atom stereocenters. The Bertz CT molecular complexity index is 785. The normalized spacial score (nSPS) is 20.0. The van der Waals surface area contributed by atoms with Crippen molar-refractivity contribution in [1.82, 2.24) is 9.80 Å². The number of carbonyl (C=O) groups is 2. The summed E-state index contributed by atoms with van der Waals surface area (Å²) in [5.41, 5.74) is 1.71. The van der Waals surface area contributed by atoms with Crippen LogP contribution in [0, 0.1) is 5.92 Å². The Morgan fingerprint density at radius 3 is 2.50 bits per heavy atom. The minimum Gasteiger partial charge on any atom is -0.491 e. The number of nitrogens with zero attached hydrogens (tertiary/aromatic N) is 2. The zero-order valence-electron chi connectivity index (χ0n) is 18.4. The van der Waals surface area contributed by atoms with Crippen molar-refractivity contribution in [3.05, 3.63) is 35.5 Å². The molecular formula is C24H34N2O4. The highest BCUT2D eigenvalue weighted by atomic mass is 16.5. The Morgan fingerprint density at radius 1 is 1.13 bits per heavy atom. The van der Waals surface area contributed by atoms with Gasteiger partial charge < -0.3 is 14.7 Å². The predicted molar refractivity (Wildman–Crippen MR) is 117 cm³/mol. The fraction of sp³-hybridized carbons (Fsp3) is 0.583. The van der Waals surface area contributed by atoms with Crippen molar-refractivity contribution in [3.63, 3.8) is 0 Å². The number of ether oxygens (including phenoxy) is 1. The Kier molecular flexibility index (Phi) is 7.53. The van der Waals surface area contributed by atoms with Crippen LogP contribution in [0.25, 0.3) is 5.57 Å². The Hall–Kier alpha value is -2.34. The van der Waals surface area contributed by atoms with Gasteiger partial charge in [0.2, 0.25) is 0 Å². The number of imide groups is 1. The summed E-state index contributed by atoms with van der Waals surface area (Å²) in [7, 11) is 0. The highest BCUT2D eigenvalue weighted by molar-refractivity contribution is 6.35. The summed E-state index contributed by atoms with van der Waals surface area (Å²) in [6.45, 7) is 7.92. The molecule has 0 aromatic heterocycles. The molecule has 0 aliphatic carbocycles. The molecule has 1 aromatic carbocycles. The SMILES string of the molecule is CCCCCN1C(=O)C(c2ccc(OC(C)C)cc2)=C(N2CCCC(CO)C2)C1=O. The molecule has 1 unspecified atom stereocenters. The Morgan fingerprint density at radius 2 is 1.87 bits per heavy atom. The maximum atomic E-state index is 13.3. The summed E-state index contributed by atoms with van der Waals surface area (Å²) >= 11 is 0. The van der Waals surface area contributed by atoms with Gasteiger partial charge in [0.25, 0.3) is 11.8 Å². The first-order chi connectivity index (χ1) is 14.5. The first-order valence-corrected chi connectivity index (χ1v) is 11.2. The molecule has 6 heteroatoms. The van der Waals surface area contributed by atoms with Gasteiger partial charge >= 0.3 is 0 Å². The number of amides is 2. The average Bonchev–Trinajstić information content (AvgIpc) is 2.99. The number of unbranched alkanes of at least 4 members (excludes halogenated alkanes) is 2. The van der Waals surface area contributed by atoms with E-state index in [1.165, 1.54) is 4.90 Å². The van der Waals surface area contributed by atoms with Gasteiger partial charge in [0, 0.05) is 26.2 Å². The molecule has 2 heterocycles. The molecule has 0 saturated carbocycles. The predicted octanol–water partition coefficient (Wildman–Crippen LogP) is 3.45. The number of rotatable bonds is 9. The average molecular weight is 415 g/mol. The second kappa shape index (κ2) is 10.1. The van der Waals surface area contributed by atoms with E-state index in [0.717, 1.165) is 50.0 Å². The number of aliphatic hydroxyl groups excluding tert-OH is 1. The highest BCUT2D eigenvalue weighted by Gasteiger charge is 2.42. The fourth-order valence-electron chi connectivity index (χ4n) is 4.23. The highest BCUT2D eigenvalue weighted by Crippen LogP contribution is 2.34. The van der Waals surface area contributed by atoms with E-state index in [1.54, 1.807) is 0 Å². The summed E-state index contributed by atoms with van der Waals surface area (Å²) in [4.78, 5) is 30.1. The van der Waals surface area contributed by atoms with Crippen LogP contribution in [0.5, 0.6) is 5.75 Å². The van der Waals surface area contributed by atoms with E-state index in [4.69, 9.17) is 4.74 Å². The van der Waals surface area contributed by atoms with Gasteiger partial charge in [-0.15, -0.1) is 0 Å². The van der Waals surface area contributed by atoms with Gasteiger partial charge in [-0.3, -0.25) is 14.5 Å². The van der Waals surface area contributed by atoms with Gasteiger partial charge in [0.1, 0.15) is 11.4 Å². The van der Waals surface area contributed by atoms with Crippen molar-refractivity contribution in [2.45, 2.75) is 59.0 Å². The van der Waals surface area contributed by atoms with Gasteiger partial charge in [-0.1, -0.05) is 31.9 Å². The van der Waals surface area contributed by atoms with Crippen LogP contribution >= 0.6 is 0 Å². The molecule has 0 spiro atoms. The third kappa shape index (κ3) is 4.86. The van der Waals surface area contributed by atoms with Gasteiger partial charge in [0.05, 0.1) is 11.7 Å². The second-order valence-corrected chi connectivity index (χ2v) is 8.52. The molecule has 6 nitrogen and oxygen atoms in total. The van der Waals surface area contributed by atoms with E-state index in [9.17, 15) is 14.7 Å². The van der Waals surface area contributed by atoms with Crippen LogP contribution in [0.4, 0.5) is 0 Å². The van der Waals surface area contributed by atoms with Crippen LogP contribution < -0.4 is 4.74 Å². The number of piperidine rings is 1. The van der Waals surface area contributed by atoms with Crippen LogP contribution in [-0.2, 0) is 9.59 Å². The molecule has 1 saturated heterocycles. The van der Waals surface area contributed by atoms with Crippen LogP contribution in [0.1, 0.15) is 58.4 Å². The van der Waals surface area contributed by atoms with Crippen LogP contribution in [-0.4, -0.2) is 59.1 Å². The molecule has 3 rings (SSSR count). The molecule has 164 valence electrons. The van der Waals surface area contributed by atoms with Crippen molar-refractivity contribution in [1.29, 1.82) is 0 Å². The van der Waals surface area contributed by atoms with E-state index in [0.29, 0.717) is 24.4 Å². The van der Waals surface area contributed by atoms with E-state index in [1.807, 2.05) is 43.0 Å². The topological polar surface area (TPSA) is 70.1 Å². The number of aliphatic hydroxyl groups is 1. The maximum absolute atomic E-state index is 13.3. The summed E-state index contributed by atoms with van der Waals surface area (Å²) in [5.74, 6) is 0.458. The number of likely N-dealkylation sites (tertiary alicyclic amines) is 1. The number of carbonyl (C=O) groups excluding carboxylic acids is 2. The summed E-state index contributed by atoms with van der Waals surface area (Å²) < 4.78 is 5.72. The van der Waals surface area contributed by atoms with Crippen LogP contribution in [0.15, 0.2) is 30.0 Å². The second-order valence-electron chi connectivity index (χ2n) is 8.52. The third-order valence-corrected chi connectivity index (χ3v) is 5.74. The van der Waals surface area contributed by atoms with Crippen molar-refractivity contribution in [2.75, 3.05) is 26.2 Å². The lowest BCUT2D eigenvalue weighted by Crippen LogP contribution is -2.40. The lowest BCUT2D eigenvalue weighted by molar-refractivity contribution is -0.137. The molecular weight excluding hydrogens is 380 g/mol. The summed E-state index contributed by atoms with van der Waals surface area (Å²) in [5, 5.41) is 9.63. The van der Waals surface area contributed by atoms with E-state index in [-0.39, 0.29) is 30.4 Å². The molecule has 2 aliphatic rings. The fourth-order valence-corrected chi connectivity index (χ4v) is 4.23. The van der Waals surface area contributed by atoms with Gasteiger partial charge in [0.15, 0.2) is 0 Å². The number of hydrogen-bond donors (Lipinski definition) is 1. The lowest BCUT2D eigenvalue weighted by atomic mass is 9.97. The van der Waals surface area contributed by atoms with Gasteiger partial charge in [-0.25, -0.2) is 0 Å². The molecule has 1 fully saturated rings. The third-order valence-electron chi connectivity index (χ3n) is 5.74. The van der Waals surface area contributed by atoms with Crippen molar-refractivity contribution in [3.8, 4) is 5.75 Å². The molecule has 2 aliphatic heterocycles. The molecule has 1 N–H and O–H groups in total. The standard InChI is InChI=1S/C24H34N2O4/c1-4-5-6-14-26-23(28)21(19-9-11-20(12-10-19)30-17(2)3)22(24(26)29)25-13-7-8-18(15-25)16-27/h9-12,17-18,27H,4-8,13-16H2,1-3H3. The van der Waals surface area contributed by atoms with E-state index >= 15 is 0 Å². The molecule has 2 amide bonds. The van der Waals surface area contributed by atoms with E-state index in [2.05, 4.69) is 6.92 Å². The summed E-state index contributed by atoms with van der Waals surface area (Å²) in [6.07, 6.45) is 4.75. The van der Waals surface area contributed by atoms with Gasteiger partial charge in [-0.05, 0) is 56.7 Å². The monoisotopic (exact) mass is 414 g/mol. The van der Waals surface area contributed by atoms with Gasteiger partial charge in [-0.2, -0.15) is 0 Å². The number of benzene rings is 1. The minimum atomic E-state index is -0.213. The largest absolute Gasteiger partial charge is 0.491 e. The molecule has 30 heavy (non-hydrogen) atoms. The Balaban J connectivity index is 1.94. The van der Waals surface area contributed by atoms with Crippen molar-refractivity contribution in [2.24, 2.45) is 5.92 Å². The summed E-state index contributed by atoms with van der Waals surface area (Å²) in [6, 6.07) is 7.43. The molecule has 1 aromatic rings. The number of hydrogen-bond acceptors (Lipinski definition) is 5. The van der Waals surface area contributed by atoms with Crippen LogP contribution in [0.2, 0.25) is 0 Å². The van der Waals surface area contributed by atoms with Crippen LogP contribution in [0.3, 0.4) is 0 Å². The zero-order chi connectivity index (χ0) is 21.7.